The number of benzene rings is 1. The first-order valence-electron chi connectivity index (χ1n) is 8.59. The van der Waals surface area contributed by atoms with Gasteiger partial charge in [-0.2, -0.15) is 0 Å². The van der Waals surface area contributed by atoms with Crippen molar-refractivity contribution in [2.75, 3.05) is 18.5 Å². The molecule has 0 unspecified atom stereocenters. The van der Waals surface area contributed by atoms with E-state index in [0.29, 0.717) is 11.4 Å². The van der Waals surface area contributed by atoms with Crippen LogP contribution in [0.1, 0.15) is 21.6 Å². The van der Waals surface area contributed by atoms with E-state index in [1.165, 1.54) is 11.6 Å². The summed E-state index contributed by atoms with van der Waals surface area (Å²) < 4.78 is 13.6. The van der Waals surface area contributed by atoms with Crippen molar-refractivity contribution in [3.05, 3.63) is 83.6 Å². The summed E-state index contributed by atoms with van der Waals surface area (Å²) in [6, 6.07) is 13.6. The predicted octanol–water partition coefficient (Wildman–Crippen LogP) is 2.62. The Morgan fingerprint density at radius 3 is 2.56 bits per heavy atom. The quantitative estimate of drug-likeness (QED) is 0.697. The van der Waals surface area contributed by atoms with Crippen molar-refractivity contribution < 1.29 is 9.18 Å². The van der Waals surface area contributed by atoms with Gasteiger partial charge in [-0.1, -0.05) is 18.2 Å². The topological polar surface area (TPSA) is 71.0 Å². The Morgan fingerprint density at radius 2 is 1.85 bits per heavy atom. The van der Waals surface area contributed by atoms with E-state index in [0.717, 1.165) is 13.0 Å². The maximum absolute atomic E-state index is 13.6. The summed E-state index contributed by atoms with van der Waals surface area (Å²) in [4.78, 5) is 18.1. The van der Waals surface area contributed by atoms with Gasteiger partial charge in [-0.05, 0) is 42.3 Å². The lowest BCUT2D eigenvalue weighted by atomic mass is 10.2. The lowest BCUT2D eigenvalue weighted by Crippen LogP contribution is -2.26. The second-order valence-electron chi connectivity index (χ2n) is 6.08. The monoisotopic (exact) mass is 365 g/mol. The Balaban J connectivity index is 1.54. The number of aromatic nitrogens is 3. The van der Waals surface area contributed by atoms with Crippen LogP contribution in [0.5, 0.6) is 0 Å². The maximum Gasteiger partial charge on any atom is 0.272 e. The van der Waals surface area contributed by atoms with Crippen LogP contribution < -0.4 is 10.2 Å². The Morgan fingerprint density at radius 1 is 1.07 bits per heavy atom. The zero-order valence-electron chi connectivity index (χ0n) is 15.0. The maximum atomic E-state index is 13.6. The number of carbonyl (C=O) groups is 1. The van der Waals surface area contributed by atoms with Crippen LogP contribution in [0.3, 0.4) is 0 Å². The van der Waals surface area contributed by atoms with Crippen LogP contribution in [0.15, 0.2) is 60.9 Å². The lowest BCUT2D eigenvalue weighted by molar-refractivity contribution is 0.0944. The van der Waals surface area contributed by atoms with Crippen LogP contribution >= 0.6 is 0 Å². The van der Waals surface area contributed by atoms with E-state index < -0.39 is 5.91 Å². The second kappa shape index (κ2) is 8.84. The Labute approximate surface area is 157 Å². The number of hydrogen-bond acceptors (Lipinski definition) is 5. The molecule has 0 aliphatic heterocycles. The van der Waals surface area contributed by atoms with Crippen LogP contribution in [0, 0.1) is 5.82 Å². The van der Waals surface area contributed by atoms with E-state index in [2.05, 4.69) is 20.5 Å². The largest absolute Gasteiger partial charge is 0.358 e. The number of hydrogen-bond donors (Lipinski definition) is 1. The summed E-state index contributed by atoms with van der Waals surface area (Å²) in [5.41, 5.74) is 1.80. The van der Waals surface area contributed by atoms with Gasteiger partial charge in [0.1, 0.15) is 5.82 Å². The highest BCUT2D eigenvalue weighted by Crippen LogP contribution is 2.10. The molecule has 27 heavy (non-hydrogen) atoms. The molecule has 0 saturated heterocycles. The highest BCUT2D eigenvalue weighted by atomic mass is 19.1. The van der Waals surface area contributed by atoms with Gasteiger partial charge >= 0.3 is 0 Å². The molecule has 0 bridgehead atoms. The Bertz CT molecular complexity index is 886. The molecule has 1 aromatic carbocycles. The SMILES string of the molecule is CN(CCc1ccncc1)c1ccc(C(=O)NCc2ccccc2F)nn1. The molecule has 2 aromatic heterocycles. The summed E-state index contributed by atoms with van der Waals surface area (Å²) in [5, 5.41) is 10.7. The number of anilines is 1. The highest BCUT2D eigenvalue weighted by molar-refractivity contribution is 5.92. The number of rotatable bonds is 7. The minimum Gasteiger partial charge on any atom is -0.358 e. The molecule has 1 amide bonds. The minimum atomic E-state index is -0.392. The van der Waals surface area contributed by atoms with Crippen LogP contribution in [0.2, 0.25) is 0 Å². The van der Waals surface area contributed by atoms with Gasteiger partial charge in [0.25, 0.3) is 5.91 Å². The van der Waals surface area contributed by atoms with Gasteiger partial charge in [-0.25, -0.2) is 4.39 Å². The van der Waals surface area contributed by atoms with E-state index in [-0.39, 0.29) is 18.1 Å². The van der Waals surface area contributed by atoms with E-state index in [9.17, 15) is 9.18 Å². The van der Waals surface area contributed by atoms with Crippen molar-refractivity contribution in [3.8, 4) is 0 Å². The van der Waals surface area contributed by atoms with Gasteiger partial charge in [-0.3, -0.25) is 9.78 Å². The average Bonchev–Trinajstić information content (AvgIpc) is 2.72. The van der Waals surface area contributed by atoms with Crippen molar-refractivity contribution in [1.29, 1.82) is 0 Å². The molecule has 1 N–H and O–H groups in total. The lowest BCUT2D eigenvalue weighted by Gasteiger charge is -2.17. The van der Waals surface area contributed by atoms with Crippen molar-refractivity contribution >= 4 is 11.7 Å². The molecular weight excluding hydrogens is 345 g/mol. The minimum absolute atomic E-state index is 0.0980. The number of likely N-dealkylation sites (N-methyl/N-ethyl adjacent to an activating group) is 1. The smallest absolute Gasteiger partial charge is 0.272 e. The zero-order valence-corrected chi connectivity index (χ0v) is 15.0. The van der Waals surface area contributed by atoms with Crippen molar-refractivity contribution in [2.24, 2.45) is 0 Å². The van der Waals surface area contributed by atoms with E-state index in [1.54, 1.807) is 42.7 Å². The number of nitrogens with one attached hydrogen (secondary N) is 1. The fourth-order valence-electron chi connectivity index (χ4n) is 2.52. The van der Waals surface area contributed by atoms with Gasteiger partial charge in [0.2, 0.25) is 0 Å². The first-order chi connectivity index (χ1) is 13.1. The van der Waals surface area contributed by atoms with Crippen molar-refractivity contribution in [3.63, 3.8) is 0 Å². The summed E-state index contributed by atoms with van der Waals surface area (Å²) in [5.74, 6) is -0.0681. The Hall–Kier alpha value is -3.35. The molecule has 138 valence electrons. The van der Waals surface area contributed by atoms with Gasteiger partial charge in [0, 0.05) is 38.1 Å². The van der Waals surface area contributed by atoms with Crippen molar-refractivity contribution in [1.82, 2.24) is 20.5 Å². The summed E-state index contributed by atoms with van der Waals surface area (Å²) in [6.45, 7) is 0.859. The van der Waals surface area contributed by atoms with E-state index >= 15 is 0 Å². The molecule has 0 fully saturated rings. The van der Waals surface area contributed by atoms with Crippen LogP contribution in [0.4, 0.5) is 10.2 Å². The molecule has 6 nitrogen and oxygen atoms in total. The second-order valence-corrected chi connectivity index (χ2v) is 6.08. The van der Waals surface area contributed by atoms with Gasteiger partial charge in [0.15, 0.2) is 11.5 Å². The normalized spacial score (nSPS) is 10.4. The fourth-order valence-corrected chi connectivity index (χ4v) is 2.52. The molecule has 3 rings (SSSR count). The molecule has 0 spiro atoms. The van der Waals surface area contributed by atoms with Crippen LogP contribution in [-0.4, -0.2) is 34.7 Å². The van der Waals surface area contributed by atoms with Gasteiger partial charge < -0.3 is 10.2 Å². The number of nitrogens with zero attached hydrogens (tertiary/aromatic N) is 4. The number of amides is 1. The number of halogens is 1. The van der Waals surface area contributed by atoms with Crippen LogP contribution in [0.25, 0.3) is 0 Å². The van der Waals surface area contributed by atoms with Gasteiger partial charge in [-0.15, -0.1) is 10.2 Å². The highest BCUT2D eigenvalue weighted by Gasteiger charge is 2.11. The third kappa shape index (κ3) is 5.07. The molecule has 0 atom stereocenters. The molecule has 0 aliphatic rings. The molecule has 7 heteroatoms. The fraction of sp³-hybridized carbons (Fsp3) is 0.200. The summed E-state index contributed by atoms with van der Waals surface area (Å²) >= 11 is 0. The number of pyridine rings is 1. The number of carbonyl (C=O) groups excluding carboxylic acids is 1. The third-order valence-corrected chi connectivity index (χ3v) is 4.16. The molecule has 0 radical (unpaired) electrons. The summed E-state index contributed by atoms with van der Waals surface area (Å²) in [6.07, 6.45) is 4.39. The molecule has 0 saturated carbocycles. The molecule has 2 heterocycles. The van der Waals surface area contributed by atoms with E-state index in [1.807, 2.05) is 24.1 Å². The third-order valence-electron chi connectivity index (χ3n) is 4.16. The van der Waals surface area contributed by atoms with Crippen molar-refractivity contribution in [2.45, 2.75) is 13.0 Å². The predicted molar refractivity (Wildman–Crippen MR) is 101 cm³/mol. The van der Waals surface area contributed by atoms with E-state index in [4.69, 9.17) is 0 Å². The zero-order chi connectivity index (χ0) is 19.1. The van der Waals surface area contributed by atoms with Crippen LogP contribution in [-0.2, 0) is 13.0 Å². The first kappa shape index (κ1) is 18.4. The molecule has 3 aromatic rings. The summed E-state index contributed by atoms with van der Waals surface area (Å²) in [7, 11) is 1.92. The molecular formula is C20H20FN5O. The van der Waals surface area contributed by atoms with Gasteiger partial charge in [0.05, 0.1) is 0 Å². The first-order valence-corrected chi connectivity index (χ1v) is 8.59. The molecule has 0 aliphatic carbocycles. The standard InChI is InChI=1S/C20H20FN5O/c1-26(13-10-15-8-11-22-12-9-15)19-7-6-18(24-25-19)20(27)23-14-16-4-2-3-5-17(16)21/h2-9,11-12H,10,13-14H2,1H3,(H,23,27). The Kier molecular flexibility index (Phi) is 6.04. The average molecular weight is 365 g/mol.